The van der Waals surface area contributed by atoms with Crippen LogP contribution in [-0.4, -0.2) is 0 Å². The quantitative estimate of drug-likeness (QED) is 0.593. The standard InChI is InChI=1S/C6H3Br2F.C6H6/c7-4-2-1-3-5(9)6(4)8;1-2-4-6-5-3-1/h1-3H;1-6H. The first-order chi connectivity index (χ1) is 7.22. The molecule has 0 N–H and O–H groups in total. The van der Waals surface area contributed by atoms with E-state index in [4.69, 9.17) is 0 Å². The van der Waals surface area contributed by atoms with Gasteiger partial charge in [-0.3, -0.25) is 0 Å². The van der Waals surface area contributed by atoms with E-state index in [9.17, 15) is 4.39 Å². The molecule has 2 rings (SSSR count). The Balaban J connectivity index is 0.000000162. The summed E-state index contributed by atoms with van der Waals surface area (Å²) in [4.78, 5) is 0. The number of hydrogen-bond acceptors (Lipinski definition) is 0. The number of rotatable bonds is 0. The second-order valence-corrected chi connectivity index (χ2v) is 4.34. The minimum Gasteiger partial charge on any atom is -0.206 e. The highest BCUT2D eigenvalue weighted by molar-refractivity contribution is 9.13. The van der Waals surface area contributed by atoms with Crippen LogP contribution in [0.2, 0.25) is 0 Å². The van der Waals surface area contributed by atoms with Gasteiger partial charge in [-0.2, -0.15) is 0 Å². The van der Waals surface area contributed by atoms with Crippen LogP contribution >= 0.6 is 31.9 Å². The van der Waals surface area contributed by atoms with E-state index in [1.165, 1.54) is 6.07 Å². The summed E-state index contributed by atoms with van der Waals surface area (Å²) in [5.74, 6) is -0.246. The molecule has 0 saturated heterocycles. The van der Waals surface area contributed by atoms with Crippen molar-refractivity contribution in [2.75, 3.05) is 0 Å². The molecule has 0 bridgehead atoms. The molecule has 0 aliphatic heterocycles. The molecular formula is C12H9Br2F. The molecule has 0 atom stereocenters. The molecule has 0 aliphatic carbocycles. The van der Waals surface area contributed by atoms with E-state index >= 15 is 0 Å². The lowest BCUT2D eigenvalue weighted by Crippen LogP contribution is -1.75. The summed E-state index contributed by atoms with van der Waals surface area (Å²) < 4.78 is 13.7. The van der Waals surface area contributed by atoms with Crippen LogP contribution < -0.4 is 0 Å². The highest BCUT2D eigenvalue weighted by atomic mass is 79.9. The zero-order valence-corrected chi connectivity index (χ0v) is 11.0. The van der Waals surface area contributed by atoms with Gasteiger partial charge in [-0.15, -0.1) is 0 Å². The van der Waals surface area contributed by atoms with E-state index < -0.39 is 0 Å². The predicted molar refractivity (Wildman–Crippen MR) is 68.2 cm³/mol. The molecule has 0 heterocycles. The maximum Gasteiger partial charge on any atom is 0.138 e. The van der Waals surface area contributed by atoms with E-state index in [0.717, 1.165) is 4.47 Å². The normalized spacial score (nSPS) is 9.00. The topological polar surface area (TPSA) is 0 Å². The lowest BCUT2D eigenvalue weighted by molar-refractivity contribution is 0.620. The Morgan fingerprint density at radius 3 is 1.53 bits per heavy atom. The molecule has 0 radical (unpaired) electrons. The lowest BCUT2D eigenvalue weighted by Gasteiger charge is -1.93. The van der Waals surface area contributed by atoms with Gasteiger partial charge in [0.05, 0.1) is 4.47 Å². The number of hydrogen-bond donors (Lipinski definition) is 0. The molecule has 0 saturated carbocycles. The average Bonchev–Trinajstić information content (AvgIpc) is 2.29. The van der Waals surface area contributed by atoms with Crippen molar-refractivity contribution < 1.29 is 4.39 Å². The van der Waals surface area contributed by atoms with Gasteiger partial charge in [0, 0.05) is 4.47 Å². The van der Waals surface area contributed by atoms with Crippen LogP contribution in [0.1, 0.15) is 0 Å². The van der Waals surface area contributed by atoms with E-state index in [2.05, 4.69) is 31.9 Å². The van der Waals surface area contributed by atoms with E-state index in [1.54, 1.807) is 12.1 Å². The molecule has 0 spiro atoms. The van der Waals surface area contributed by atoms with Crippen molar-refractivity contribution in [2.24, 2.45) is 0 Å². The fourth-order valence-corrected chi connectivity index (χ4v) is 1.47. The van der Waals surface area contributed by atoms with Crippen LogP contribution in [0.4, 0.5) is 4.39 Å². The molecule has 0 aromatic heterocycles. The molecule has 0 fully saturated rings. The Morgan fingerprint density at radius 1 is 0.733 bits per heavy atom. The fraction of sp³-hybridized carbons (Fsp3) is 0. The van der Waals surface area contributed by atoms with Crippen LogP contribution in [0.5, 0.6) is 0 Å². The molecule has 0 amide bonds. The van der Waals surface area contributed by atoms with Gasteiger partial charge < -0.3 is 0 Å². The SMILES string of the molecule is Fc1cccc(Br)c1Br.c1ccccc1. The van der Waals surface area contributed by atoms with Gasteiger partial charge >= 0.3 is 0 Å². The van der Waals surface area contributed by atoms with Crippen LogP contribution in [-0.2, 0) is 0 Å². The van der Waals surface area contributed by atoms with Gasteiger partial charge in [-0.1, -0.05) is 42.5 Å². The Labute approximate surface area is 105 Å². The van der Waals surface area contributed by atoms with Crippen LogP contribution in [0.3, 0.4) is 0 Å². The van der Waals surface area contributed by atoms with Gasteiger partial charge in [0.15, 0.2) is 0 Å². The molecule has 3 heteroatoms. The first-order valence-electron chi connectivity index (χ1n) is 4.31. The molecule has 2 aromatic rings. The lowest BCUT2D eigenvalue weighted by atomic mass is 10.4. The maximum absolute atomic E-state index is 12.5. The van der Waals surface area contributed by atoms with Crippen LogP contribution in [0.15, 0.2) is 63.5 Å². The number of benzene rings is 2. The fourth-order valence-electron chi connectivity index (χ4n) is 0.862. The summed E-state index contributed by atoms with van der Waals surface area (Å²) in [5.41, 5.74) is 0. The highest BCUT2D eigenvalue weighted by Crippen LogP contribution is 2.24. The Kier molecular flexibility index (Phi) is 5.58. The van der Waals surface area contributed by atoms with E-state index in [0.29, 0.717) is 4.47 Å². The van der Waals surface area contributed by atoms with Crippen LogP contribution in [0.25, 0.3) is 0 Å². The summed E-state index contributed by atoms with van der Waals surface area (Å²) in [6.45, 7) is 0. The van der Waals surface area contributed by atoms with Gasteiger partial charge in [0.1, 0.15) is 5.82 Å². The van der Waals surface area contributed by atoms with Crippen molar-refractivity contribution >= 4 is 31.9 Å². The largest absolute Gasteiger partial charge is 0.206 e. The molecule has 15 heavy (non-hydrogen) atoms. The molecule has 2 aromatic carbocycles. The Bertz CT molecular complexity index is 355. The predicted octanol–water partition coefficient (Wildman–Crippen LogP) is 5.04. The van der Waals surface area contributed by atoms with Gasteiger partial charge in [0.25, 0.3) is 0 Å². The zero-order valence-electron chi connectivity index (χ0n) is 7.83. The van der Waals surface area contributed by atoms with Crippen molar-refractivity contribution in [3.63, 3.8) is 0 Å². The third-order valence-electron chi connectivity index (χ3n) is 1.57. The summed E-state index contributed by atoms with van der Waals surface area (Å²) >= 11 is 6.22. The molecule has 0 nitrogen and oxygen atoms in total. The molecule has 0 unspecified atom stereocenters. The Hall–Kier alpha value is -0.670. The summed E-state index contributed by atoms with van der Waals surface area (Å²) in [6, 6.07) is 16.8. The van der Waals surface area contributed by atoms with E-state index in [1.807, 2.05) is 36.4 Å². The first kappa shape index (κ1) is 12.4. The second-order valence-electron chi connectivity index (χ2n) is 2.69. The number of halogens is 3. The zero-order chi connectivity index (χ0) is 11.1. The first-order valence-corrected chi connectivity index (χ1v) is 5.90. The van der Waals surface area contributed by atoms with Crippen molar-refractivity contribution in [1.82, 2.24) is 0 Å². The highest BCUT2D eigenvalue weighted by Gasteiger charge is 1.99. The molecule has 0 aliphatic rings. The van der Waals surface area contributed by atoms with Crippen molar-refractivity contribution in [1.29, 1.82) is 0 Å². The molecule has 78 valence electrons. The van der Waals surface area contributed by atoms with Crippen molar-refractivity contribution in [3.8, 4) is 0 Å². The van der Waals surface area contributed by atoms with Gasteiger partial charge in [0.2, 0.25) is 0 Å². The van der Waals surface area contributed by atoms with Crippen LogP contribution in [0, 0.1) is 5.82 Å². The summed E-state index contributed by atoms with van der Waals surface area (Å²) in [6.07, 6.45) is 0. The van der Waals surface area contributed by atoms with Crippen molar-refractivity contribution in [2.45, 2.75) is 0 Å². The van der Waals surface area contributed by atoms with E-state index in [-0.39, 0.29) is 5.82 Å². The third-order valence-corrected chi connectivity index (χ3v) is 3.57. The van der Waals surface area contributed by atoms with Crippen molar-refractivity contribution in [3.05, 3.63) is 69.4 Å². The smallest absolute Gasteiger partial charge is 0.138 e. The molecular weight excluding hydrogens is 323 g/mol. The minimum atomic E-state index is -0.246. The summed E-state index contributed by atoms with van der Waals surface area (Å²) in [5, 5.41) is 0. The van der Waals surface area contributed by atoms with Gasteiger partial charge in [-0.05, 0) is 44.0 Å². The maximum atomic E-state index is 12.5. The third kappa shape index (κ3) is 4.58. The second kappa shape index (κ2) is 6.75. The monoisotopic (exact) mass is 330 g/mol. The summed E-state index contributed by atoms with van der Waals surface area (Å²) in [7, 11) is 0. The average molecular weight is 332 g/mol. The Morgan fingerprint density at radius 2 is 1.20 bits per heavy atom. The minimum absolute atomic E-state index is 0.246. The van der Waals surface area contributed by atoms with Gasteiger partial charge in [-0.25, -0.2) is 4.39 Å².